The molecule has 0 saturated carbocycles. The summed E-state index contributed by atoms with van der Waals surface area (Å²) in [6.45, 7) is 10.4. The van der Waals surface area contributed by atoms with Crippen LogP contribution in [0.3, 0.4) is 0 Å². The van der Waals surface area contributed by atoms with Gasteiger partial charge >= 0.3 is 0 Å². The van der Waals surface area contributed by atoms with Crippen LogP contribution in [0.15, 0.2) is 0 Å². The topological polar surface area (TPSA) is 49.7 Å². The third-order valence-corrected chi connectivity index (χ3v) is 1.67. The molecule has 0 saturated heterocycles. The smallest absolute Gasteiger partial charge is 0.118 e. The van der Waals surface area contributed by atoms with Crippen LogP contribution in [-0.2, 0) is 4.52 Å². The highest BCUT2D eigenvalue weighted by Crippen LogP contribution is 1.92. The third-order valence-electron chi connectivity index (χ3n) is 1.26. The van der Waals surface area contributed by atoms with Gasteiger partial charge in [0.2, 0.25) is 0 Å². The van der Waals surface area contributed by atoms with E-state index in [1.807, 2.05) is 6.92 Å². The molecule has 0 spiro atoms. The standard InChI is InChI=1S/C5H9OP.2C5H8O/c1-3-4-5(2)6-7;2*1-3-4-5(2)6/h5H,7H2,1-2H3;2*5-6H,1-2H3/t2*5-;/m11./s1. The molecule has 0 amide bonds. The molecule has 4 atom stereocenters. The molecule has 0 bridgehead atoms. The van der Waals surface area contributed by atoms with Crippen LogP contribution in [0.1, 0.15) is 41.5 Å². The van der Waals surface area contributed by atoms with E-state index in [9.17, 15) is 0 Å². The van der Waals surface area contributed by atoms with Crippen molar-refractivity contribution in [3.8, 4) is 35.5 Å². The lowest BCUT2D eigenvalue weighted by molar-refractivity contribution is 0.253. The second-order valence-corrected chi connectivity index (χ2v) is 3.59. The SMILES string of the molecule is CC#CC(C)O.CC#C[C@@H](C)O.CC#C[C@@H](C)OP. The van der Waals surface area contributed by atoms with Crippen LogP contribution in [-0.4, -0.2) is 28.5 Å². The zero-order valence-corrected chi connectivity index (χ0v) is 13.8. The summed E-state index contributed by atoms with van der Waals surface area (Å²) in [6.07, 6.45) is -0.875. The average molecular weight is 284 g/mol. The summed E-state index contributed by atoms with van der Waals surface area (Å²) in [5.74, 6) is 15.7. The zero-order valence-electron chi connectivity index (χ0n) is 12.6. The van der Waals surface area contributed by atoms with Crippen molar-refractivity contribution in [3.63, 3.8) is 0 Å². The van der Waals surface area contributed by atoms with E-state index in [1.54, 1.807) is 34.6 Å². The summed E-state index contributed by atoms with van der Waals surface area (Å²) >= 11 is 0. The van der Waals surface area contributed by atoms with Gasteiger partial charge in [0.1, 0.15) is 18.3 Å². The maximum Gasteiger partial charge on any atom is 0.118 e. The van der Waals surface area contributed by atoms with Crippen molar-refractivity contribution >= 4 is 9.47 Å². The summed E-state index contributed by atoms with van der Waals surface area (Å²) in [4.78, 5) is 0. The van der Waals surface area contributed by atoms with E-state index in [0.29, 0.717) is 0 Å². The maximum absolute atomic E-state index is 8.38. The highest BCUT2D eigenvalue weighted by atomic mass is 31.0. The maximum atomic E-state index is 8.38. The number of hydrogen-bond acceptors (Lipinski definition) is 3. The lowest BCUT2D eigenvalue weighted by Crippen LogP contribution is -1.93. The lowest BCUT2D eigenvalue weighted by atomic mass is 10.4. The normalized spacial score (nSPS) is 11.8. The monoisotopic (exact) mass is 284 g/mol. The molecule has 0 rings (SSSR count). The lowest BCUT2D eigenvalue weighted by Gasteiger charge is -1.94. The average Bonchev–Trinajstić information content (AvgIpc) is 2.30. The molecule has 2 N–H and O–H groups in total. The molecule has 3 nitrogen and oxygen atoms in total. The van der Waals surface area contributed by atoms with Crippen molar-refractivity contribution in [2.24, 2.45) is 0 Å². The first-order valence-corrected chi connectivity index (χ1v) is 6.31. The quantitative estimate of drug-likeness (QED) is 0.572. The van der Waals surface area contributed by atoms with Crippen LogP contribution in [0.4, 0.5) is 0 Å². The summed E-state index contributed by atoms with van der Waals surface area (Å²) in [7, 11) is 2.17. The molecule has 108 valence electrons. The van der Waals surface area contributed by atoms with Gasteiger partial charge in [-0.05, 0) is 41.5 Å². The first-order valence-electron chi connectivity index (χ1n) is 5.84. The predicted molar refractivity (Wildman–Crippen MR) is 84.0 cm³/mol. The van der Waals surface area contributed by atoms with Gasteiger partial charge in [0.05, 0.1) is 0 Å². The van der Waals surface area contributed by atoms with Crippen LogP contribution in [0, 0.1) is 35.5 Å². The number of hydrogen-bond donors (Lipinski definition) is 2. The van der Waals surface area contributed by atoms with Crippen molar-refractivity contribution in [1.29, 1.82) is 0 Å². The Kier molecular flexibility index (Phi) is 23.5. The van der Waals surface area contributed by atoms with Crippen LogP contribution in [0.25, 0.3) is 0 Å². The predicted octanol–water partition coefficient (Wildman–Crippen LogP) is 1.99. The molecule has 0 radical (unpaired) electrons. The van der Waals surface area contributed by atoms with Crippen LogP contribution in [0.5, 0.6) is 0 Å². The fraction of sp³-hybridized carbons (Fsp3) is 0.600. The van der Waals surface area contributed by atoms with E-state index in [2.05, 4.69) is 45.0 Å². The number of aliphatic hydroxyl groups is 2. The van der Waals surface area contributed by atoms with Crippen molar-refractivity contribution < 1.29 is 14.7 Å². The van der Waals surface area contributed by atoms with Gasteiger partial charge < -0.3 is 14.7 Å². The van der Waals surface area contributed by atoms with Crippen LogP contribution < -0.4 is 0 Å². The Morgan fingerprint density at radius 2 is 1.11 bits per heavy atom. The van der Waals surface area contributed by atoms with Gasteiger partial charge in [-0.1, -0.05) is 17.8 Å². The molecule has 0 heterocycles. The molecule has 0 aromatic carbocycles. The Hall–Kier alpha value is -1.01. The summed E-state index contributed by atoms with van der Waals surface area (Å²) < 4.78 is 4.73. The van der Waals surface area contributed by atoms with Gasteiger partial charge in [0, 0.05) is 9.47 Å². The molecule has 0 aliphatic carbocycles. The highest BCUT2D eigenvalue weighted by molar-refractivity contribution is 7.09. The van der Waals surface area contributed by atoms with E-state index in [-0.39, 0.29) is 6.10 Å². The first-order chi connectivity index (χ1) is 8.85. The van der Waals surface area contributed by atoms with E-state index in [4.69, 9.17) is 14.7 Å². The summed E-state index contributed by atoms with van der Waals surface area (Å²) in [5.41, 5.74) is 0. The first kappa shape index (κ1) is 23.1. The molecule has 0 aromatic rings. The van der Waals surface area contributed by atoms with Crippen molar-refractivity contribution in [3.05, 3.63) is 0 Å². The molecule has 0 aromatic heterocycles. The number of aliphatic hydroxyl groups excluding tert-OH is 2. The fourth-order valence-corrected chi connectivity index (χ4v) is 0.723. The Morgan fingerprint density at radius 3 is 1.16 bits per heavy atom. The van der Waals surface area contributed by atoms with E-state index >= 15 is 0 Å². The Balaban J connectivity index is -0.000000203. The summed E-state index contributed by atoms with van der Waals surface area (Å²) in [5, 5.41) is 16.8. The van der Waals surface area contributed by atoms with Crippen molar-refractivity contribution in [2.45, 2.75) is 59.9 Å². The second kappa shape index (κ2) is 19.3. The third kappa shape index (κ3) is 38.3. The van der Waals surface area contributed by atoms with Crippen LogP contribution in [0.2, 0.25) is 0 Å². The minimum Gasteiger partial charge on any atom is -0.381 e. The van der Waals surface area contributed by atoms with Crippen molar-refractivity contribution in [2.75, 3.05) is 0 Å². The molecule has 0 aliphatic rings. The highest BCUT2D eigenvalue weighted by Gasteiger charge is 1.85. The van der Waals surface area contributed by atoms with Gasteiger partial charge in [0.25, 0.3) is 0 Å². The van der Waals surface area contributed by atoms with E-state index in [1.165, 1.54) is 0 Å². The van der Waals surface area contributed by atoms with Gasteiger partial charge in [-0.2, -0.15) is 0 Å². The Labute approximate surface area is 120 Å². The van der Waals surface area contributed by atoms with Gasteiger partial charge in [-0.3, -0.25) is 0 Å². The Bertz CT molecular complexity index is 332. The van der Waals surface area contributed by atoms with Gasteiger partial charge in [-0.15, -0.1) is 17.8 Å². The van der Waals surface area contributed by atoms with E-state index < -0.39 is 12.2 Å². The van der Waals surface area contributed by atoms with Crippen molar-refractivity contribution in [1.82, 2.24) is 0 Å². The fourth-order valence-electron chi connectivity index (χ4n) is 0.655. The van der Waals surface area contributed by atoms with Gasteiger partial charge in [-0.25, -0.2) is 0 Å². The Morgan fingerprint density at radius 1 is 0.789 bits per heavy atom. The molecule has 0 aliphatic heterocycles. The molecule has 19 heavy (non-hydrogen) atoms. The van der Waals surface area contributed by atoms with Gasteiger partial charge in [0.15, 0.2) is 0 Å². The second-order valence-electron chi connectivity index (χ2n) is 3.31. The van der Waals surface area contributed by atoms with E-state index in [0.717, 1.165) is 0 Å². The minimum absolute atomic E-state index is 0.0509. The molecular weight excluding hydrogens is 259 g/mol. The molecule has 0 fully saturated rings. The number of rotatable bonds is 1. The minimum atomic E-state index is -0.463. The molecule has 4 heteroatoms. The summed E-state index contributed by atoms with van der Waals surface area (Å²) in [6, 6.07) is 0. The zero-order chi connectivity index (χ0) is 15.7. The molecule has 2 unspecified atom stereocenters. The largest absolute Gasteiger partial charge is 0.381 e. The molecular formula is C15H25O3P. The van der Waals surface area contributed by atoms with Crippen LogP contribution >= 0.6 is 9.47 Å².